The molecule has 1 heterocycles. The van der Waals surface area contributed by atoms with E-state index in [-0.39, 0.29) is 5.91 Å². The topological polar surface area (TPSA) is 60.5 Å². The number of aryl methyl sites for hydroxylation is 1. The average molecular weight is 278 g/mol. The Morgan fingerprint density at radius 3 is 2.65 bits per heavy atom. The SMILES string of the molecule is CCOC1(C(=O)Nc2ccc(OC)nc2C)CCCC1. The molecule has 1 aliphatic rings. The summed E-state index contributed by atoms with van der Waals surface area (Å²) in [6.45, 7) is 4.32. The number of rotatable bonds is 5. The van der Waals surface area contributed by atoms with Gasteiger partial charge in [-0.15, -0.1) is 0 Å². The molecule has 110 valence electrons. The van der Waals surface area contributed by atoms with E-state index in [0.29, 0.717) is 18.2 Å². The summed E-state index contributed by atoms with van der Waals surface area (Å²) in [5, 5.41) is 2.95. The number of ether oxygens (including phenoxy) is 2. The van der Waals surface area contributed by atoms with Gasteiger partial charge in [0.15, 0.2) is 0 Å². The Bertz CT molecular complexity index is 482. The summed E-state index contributed by atoms with van der Waals surface area (Å²) in [6, 6.07) is 3.55. The van der Waals surface area contributed by atoms with E-state index in [1.54, 1.807) is 13.2 Å². The van der Waals surface area contributed by atoms with Crippen LogP contribution in [0, 0.1) is 6.92 Å². The molecule has 0 aliphatic heterocycles. The Labute approximate surface area is 119 Å². The fourth-order valence-electron chi connectivity index (χ4n) is 2.68. The van der Waals surface area contributed by atoms with Crippen molar-refractivity contribution in [1.29, 1.82) is 0 Å². The van der Waals surface area contributed by atoms with Crippen molar-refractivity contribution >= 4 is 11.6 Å². The highest BCUT2D eigenvalue weighted by atomic mass is 16.5. The molecule has 0 atom stereocenters. The van der Waals surface area contributed by atoms with E-state index in [1.807, 2.05) is 19.9 Å². The highest BCUT2D eigenvalue weighted by molar-refractivity contribution is 5.98. The first-order chi connectivity index (χ1) is 9.61. The van der Waals surface area contributed by atoms with Crippen LogP contribution in [0.4, 0.5) is 5.69 Å². The van der Waals surface area contributed by atoms with Crippen LogP contribution in [-0.4, -0.2) is 30.2 Å². The minimum atomic E-state index is -0.666. The number of hydrogen-bond acceptors (Lipinski definition) is 4. The number of hydrogen-bond donors (Lipinski definition) is 1. The van der Waals surface area contributed by atoms with Crippen LogP contribution < -0.4 is 10.1 Å². The Hall–Kier alpha value is -1.62. The number of anilines is 1. The number of carbonyl (C=O) groups excluding carboxylic acids is 1. The van der Waals surface area contributed by atoms with Crippen LogP contribution >= 0.6 is 0 Å². The molecule has 2 rings (SSSR count). The van der Waals surface area contributed by atoms with Crippen molar-refractivity contribution in [2.24, 2.45) is 0 Å². The van der Waals surface area contributed by atoms with Gasteiger partial charge >= 0.3 is 0 Å². The summed E-state index contributed by atoms with van der Waals surface area (Å²) in [6.07, 6.45) is 3.64. The van der Waals surface area contributed by atoms with Crippen LogP contribution in [0.5, 0.6) is 5.88 Å². The molecule has 0 spiro atoms. The van der Waals surface area contributed by atoms with E-state index in [0.717, 1.165) is 31.4 Å². The Morgan fingerprint density at radius 1 is 1.40 bits per heavy atom. The Balaban J connectivity index is 2.14. The second kappa shape index (κ2) is 6.22. The number of nitrogens with one attached hydrogen (secondary N) is 1. The quantitative estimate of drug-likeness (QED) is 0.899. The molecule has 1 aromatic rings. The summed E-state index contributed by atoms with van der Waals surface area (Å²) in [5.41, 5.74) is 0.783. The predicted molar refractivity (Wildman–Crippen MR) is 77.0 cm³/mol. The maximum atomic E-state index is 12.5. The zero-order valence-electron chi connectivity index (χ0n) is 12.4. The number of pyridine rings is 1. The molecule has 1 aromatic heterocycles. The molecule has 20 heavy (non-hydrogen) atoms. The molecule has 0 bridgehead atoms. The first-order valence-electron chi connectivity index (χ1n) is 7.08. The van der Waals surface area contributed by atoms with Gasteiger partial charge in [0.1, 0.15) is 5.60 Å². The molecule has 0 radical (unpaired) electrons. The number of amides is 1. The van der Waals surface area contributed by atoms with Crippen molar-refractivity contribution in [1.82, 2.24) is 4.98 Å². The first kappa shape index (κ1) is 14.8. The minimum absolute atomic E-state index is 0.0630. The third-order valence-electron chi connectivity index (χ3n) is 3.76. The molecule has 0 saturated heterocycles. The Morgan fingerprint density at radius 2 is 2.10 bits per heavy atom. The van der Waals surface area contributed by atoms with E-state index in [2.05, 4.69) is 10.3 Å². The summed E-state index contributed by atoms with van der Waals surface area (Å²) in [7, 11) is 1.57. The number of methoxy groups -OCH3 is 1. The van der Waals surface area contributed by atoms with E-state index < -0.39 is 5.60 Å². The van der Waals surface area contributed by atoms with Crippen LogP contribution in [0.1, 0.15) is 38.3 Å². The largest absolute Gasteiger partial charge is 0.481 e. The lowest BCUT2D eigenvalue weighted by molar-refractivity contribution is -0.140. The van der Waals surface area contributed by atoms with Gasteiger partial charge in [0.25, 0.3) is 5.91 Å². The van der Waals surface area contributed by atoms with Crippen LogP contribution in [0.15, 0.2) is 12.1 Å². The highest BCUT2D eigenvalue weighted by Crippen LogP contribution is 2.34. The fourth-order valence-corrected chi connectivity index (χ4v) is 2.68. The van der Waals surface area contributed by atoms with Gasteiger partial charge in [-0.25, -0.2) is 4.98 Å². The van der Waals surface area contributed by atoms with E-state index in [1.165, 1.54) is 0 Å². The standard InChI is InChI=1S/C15H22N2O3/c1-4-20-15(9-5-6-10-15)14(18)17-12-7-8-13(19-3)16-11(12)2/h7-8H,4-6,9-10H2,1-3H3,(H,17,18). The summed E-state index contributed by atoms with van der Waals surface area (Å²) >= 11 is 0. The van der Waals surface area contributed by atoms with Crippen molar-refractivity contribution in [3.8, 4) is 5.88 Å². The lowest BCUT2D eigenvalue weighted by atomic mass is 10.0. The van der Waals surface area contributed by atoms with E-state index in [9.17, 15) is 4.79 Å². The van der Waals surface area contributed by atoms with Gasteiger partial charge in [0, 0.05) is 12.7 Å². The second-order valence-corrected chi connectivity index (χ2v) is 5.08. The number of aromatic nitrogens is 1. The van der Waals surface area contributed by atoms with Crippen LogP contribution in [0.3, 0.4) is 0 Å². The minimum Gasteiger partial charge on any atom is -0.481 e. The molecule has 0 aromatic carbocycles. The molecule has 1 amide bonds. The molecule has 1 fully saturated rings. The number of nitrogens with zero attached hydrogens (tertiary/aromatic N) is 1. The maximum Gasteiger partial charge on any atom is 0.256 e. The van der Waals surface area contributed by atoms with E-state index in [4.69, 9.17) is 9.47 Å². The van der Waals surface area contributed by atoms with E-state index >= 15 is 0 Å². The van der Waals surface area contributed by atoms with Gasteiger partial charge < -0.3 is 14.8 Å². The molecule has 0 unspecified atom stereocenters. The smallest absolute Gasteiger partial charge is 0.256 e. The van der Waals surface area contributed by atoms with Crippen LogP contribution in [-0.2, 0) is 9.53 Å². The van der Waals surface area contributed by atoms with Gasteiger partial charge in [-0.3, -0.25) is 4.79 Å². The van der Waals surface area contributed by atoms with Gasteiger partial charge in [-0.2, -0.15) is 0 Å². The Kier molecular flexibility index (Phi) is 4.60. The zero-order valence-corrected chi connectivity index (χ0v) is 12.4. The third kappa shape index (κ3) is 2.93. The van der Waals surface area contributed by atoms with Gasteiger partial charge in [-0.1, -0.05) is 0 Å². The fraction of sp³-hybridized carbons (Fsp3) is 0.600. The summed E-state index contributed by atoms with van der Waals surface area (Å²) < 4.78 is 10.8. The third-order valence-corrected chi connectivity index (χ3v) is 3.76. The van der Waals surface area contributed by atoms with Gasteiger partial charge in [0.05, 0.1) is 18.5 Å². The predicted octanol–water partition coefficient (Wildman–Crippen LogP) is 2.69. The monoisotopic (exact) mass is 278 g/mol. The van der Waals surface area contributed by atoms with Crippen molar-refractivity contribution in [2.45, 2.75) is 45.1 Å². The lowest BCUT2D eigenvalue weighted by Crippen LogP contribution is -2.43. The second-order valence-electron chi connectivity index (χ2n) is 5.08. The van der Waals surface area contributed by atoms with Crippen LogP contribution in [0.2, 0.25) is 0 Å². The summed E-state index contributed by atoms with van der Waals surface area (Å²) in [5.74, 6) is 0.479. The summed E-state index contributed by atoms with van der Waals surface area (Å²) in [4.78, 5) is 16.8. The zero-order chi connectivity index (χ0) is 14.6. The van der Waals surface area contributed by atoms with Crippen molar-refractivity contribution < 1.29 is 14.3 Å². The molecular weight excluding hydrogens is 256 g/mol. The molecular formula is C15H22N2O3. The van der Waals surface area contributed by atoms with Crippen molar-refractivity contribution in [2.75, 3.05) is 19.0 Å². The average Bonchev–Trinajstić information content (AvgIpc) is 2.91. The first-order valence-corrected chi connectivity index (χ1v) is 7.08. The molecule has 5 heteroatoms. The van der Waals surface area contributed by atoms with Crippen molar-refractivity contribution in [3.63, 3.8) is 0 Å². The molecule has 5 nitrogen and oxygen atoms in total. The molecule has 1 saturated carbocycles. The highest BCUT2D eigenvalue weighted by Gasteiger charge is 2.42. The van der Waals surface area contributed by atoms with Gasteiger partial charge in [-0.05, 0) is 45.6 Å². The normalized spacial score (nSPS) is 16.9. The molecule has 1 N–H and O–H groups in total. The number of carbonyl (C=O) groups is 1. The van der Waals surface area contributed by atoms with Crippen molar-refractivity contribution in [3.05, 3.63) is 17.8 Å². The molecule has 1 aliphatic carbocycles. The lowest BCUT2D eigenvalue weighted by Gasteiger charge is -2.27. The van der Waals surface area contributed by atoms with Gasteiger partial charge in [0.2, 0.25) is 5.88 Å². The maximum absolute atomic E-state index is 12.5. The van der Waals surface area contributed by atoms with Crippen LogP contribution in [0.25, 0.3) is 0 Å².